The number of amides is 1. The molecule has 0 aliphatic carbocycles. The standard InChI is InChI=1S/C16H15Cl2N3O3S/c17-13-2-1-3-14(11-13)25(23,24)21-8-6-20(7-9-21)16(22)12-4-5-19-15(18)10-12/h1-5,10-11H,6-9H2. The zero-order chi connectivity index (χ0) is 18.0. The first-order valence-corrected chi connectivity index (χ1v) is 9.74. The molecule has 9 heteroatoms. The number of sulfonamides is 1. The molecule has 1 aliphatic heterocycles. The van der Waals surface area contributed by atoms with Crippen LogP contribution in [0.3, 0.4) is 0 Å². The van der Waals surface area contributed by atoms with Crippen LogP contribution in [0, 0.1) is 0 Å². The van der Waals surface area contributed by atoms with Gasteiger partial charge in [-0.15, -0.1) is 0 Å². The highest BCUT2D eigenvalue weighted by atomic mass is 35.5. The highest BCUT2D eigenvalue weighted by Crippen LogP contribution is 2.21. The van der Waals surface area contributed by atoms with Gasteiger partial charge in [-0.1, -0.05) is 29.3 Å². The molecule has 25 heavy (non-hydrogen) atoms. The first kappa shape index (κ1) is 18.1. The van der Waals surface area contributed by atoms with E-state index in [1.165, 1.54) is 28.7 Å². The van der Waals surface area contributed by atoms with Crippen LogP contribution in [0.4, 0.5) is 0 Å². The molecule has 1 aromatic heterocycles. The Hall–Kier alpha value is -1.67. The second-order valence-corrected chi connectivity index (χ2v) is 8.28. The molecule has 1 amide bonds. The molecular weight excluding hydrogens is 385 g/mol. The number of hydrogen-bond acceptors (Lipinski definition) is 4. The van der Waals surface area contributed by atoms with Crippen LogP contribution in [0.1, 0.15) is 10.4 Å². The molecule has 0 saturated carbocycles. The van der Waals surface area contributed by atoms with Gasteiger partial charge < -0.3 is 4.90 Å². The third kappa shape index (κ3) is 3.95. The van der Waals surface area contributed by atoms with Gasteiger partial charge in [-0.25, -0.2) is 13.4 Å². The van der Waals surface area contributed by atoms with Crippen molar-refractivity contribution in [2.75, 3.05) is 26.2 Å². The van der Waals surface area contributed by atoms with Crippen LogP contribution >= 0.6 is 23.2 Å². The van der Waals surface area contributed by atoms with Crippen molar-refractivity contribution in [2.24, 2.45) is 0 Å². The Kier molecular flexibility index (Phi) is 5.29. The van der Waals surface area contributed by atoms with Crippen LogP contribution < -0.4 is 0 Å². The predicted molar refractivity (Wildman–Crippen MR) is 95.4 cm³/mol. The van der Waals surface area contributed by atoms with Crippen molar-refractivity contribution >= 4 is 39.1 Å². The molecule has 2 aromatic rings. The molecule has 1 saturated heterocycles. The van der Waals surface area contributed by atoms with Crippen LogP contribution in [0.2, 0.25) is 10.2 Å². The van der Waals surface area contributed by atoms with E-state index in [0.717, 1.165) is 0 Å². The Labute approximate surface area is 156 Å². The van der Waals surface area contributed by atoms with E-state index in [0.29, 0.717) is 23.7 Å². The van der Waals surface area contributed by atoms with Crippen molar-refractivity contribution in [3.63, 3.8) is 0 Å². The van der Waals surface area contributed by atoms with Crippen molar-refractivity contribution < 1.29 is 13.2 Å². The normalized spacial score (nSPS) is 16.0. The Balaban J connectivity index is 1.70. The van der Waals surface area contributed by atoms with Gasteiger partial charge in [-0.3, -0.25) is 4.79 Å². The van der Waals surface area contributed by atoms with Crippen molar-refractivity contribution in [2.45, 2.75) is 4.90 Å². The average Bonchev–Trinajstić information content (AvgIpc) is 2.61. The van der Waals surface area contributed by atoms with Gasteiger partial charge in [0.05, 0.1) is 4.90 Å². The summed E-state index contributed by atoms with van der Waals surface area (Å²) in [5, 5.41) is 0.609. The van der Waals surface area contributed by atoms with E-state index < -0.39 is 10.0 Å². The van der Waals surface area contributed by atoms with Gasteiger partial charge in [0.15, 0.2) is 0 Å². The predicted octanol–water partition coefficient (Wildman–Crippen LogP) is 2.54. The van der Waals surface area contributed by atoms with E-state index in [4.69, 9.17) is 23.2 Å². The van der Waals surface area contributed by atoms with Crippen LogP contribution in [-0.4, -0.2) is 54.7 Å². The topological polar surface area (TPSA) is 70.6 Å². The fourth-order valence-electron chi connectivity index (χ4n) is 2.63. The van der Waals surface area contributed by atoms with Crippen LogP contribution in [0.25, 0.3) is 0 Å². The number of rotatable bonds is 3. The molecule has 0 unspecified atom stereocenters. The molecule has 1 aromatic carbocycles. The van der Waals surface area contributed by atoms with Gasteiger partial charge in [0.25, 0.3) is 5.91 Å². The molecule has 3 rings (SSSR count). The minimum absolute atomic E-state index is 0.153. The lowest BCUT2D eigenvalue weighted by Crippen LogP contribution is -2.50. The SMILES string of the molecule is O=C(c1ccnc(Cl)c1)N1CCN(S(=O)(=O)c2cccc(Cl)c2)CC1. The van der Waals surface area contributed by atoms with Gasteiger partial charge in [0.1, 0.15) is 5.15 Å². The third-order valence-electron chi connectivity index (χ3n) is 3.93. The molecule has 1 fully saturated rings. The van der Waals surface area contributed by atoms with Crippen molar-refractivity contribution in [3.8, 4) is 0 Å². The number of carbonyl (C=O) groups is 1. The number of nitrogens with zero attached hydrogens (tertiary/aromatic N) is 3. The Morgan fingerprint density at radius 3 is 2.40 bits per heavy atom. The fraction of sp³-hybridized carbons (Fsp3) is 0.250. The summed E-state index contributed by atoms with van der Waals surface area (Å²) >= 11 is 11.7. The van der Waals surface area contributed by atoms with Crippen LogP contribution in [-0.2, 0) is 10.0 Å². The average molecular weight is 400 g/mol. The highest BCUT2D eigenvalue weighted by molar-refractivity contribution is 7.89. The summed E-state index contributed by atoms with van der Waals surface area (Å²) in [7, 11) is -3.63. The zero-order valence-electron chi connectivity index (χ0n) is 13.1. The highest BCUT2D eigenvalue weighted by Gasteiger charge is 2.30. The first-order valence-electron chi connectivity index (χ1n) is 7.54. The van der Waals surface area contributed by atoms with Crippen LogP contribution in [0.5, 0.6) is 0 Å². The van der Waals surface area contributed by atoms with Crippen molar-refractivity contribution in [1.82, 2.24) is 14.2 Å². The monoisotopic (exact) mass is 399 g/mol. The maximum absolute atomic E-state index is 12.7. The van der Waals surface area contributed by atoms with E-state index >= 15 is 0 Å². The lowest BCUT2D eigenvalue weighted by Gasteiger charge is -2.34. The summed E-state index contributed by atoms with van der Waals surface area (Å²) in [6, 6.07) is 9.24. The molecule has 0 bridgehead atoms. The summed E-state index contributed by atoms with van der Waals surface area (Å²) < 4.78 is 26.7. The Morgan fingerprint density at radius 2 is 1.76 bits per heavy atom. The van der Waals surface area contributed by atoms with E-state index in [1.54, 1.807) is 23.1 Å². The van der Waals surface area contributed by atoms with Crippen LogP contribution in [0.15, 0.2) is 47.5 Å². The third-order valence-corrected chi connectivity index (χ3v) is 6.27. The molecule has 6 nitrogen and oxygen atoms in total. The van der Waals surface area contributed by atoms with Gasteiger partial charge >= 0.3 is 0 Å². The summed E-state index contributed by atoms with van der Waals surface area (Å²) in [5.74, 6) is -0.191. The maximum Gasteiger partial charge on any atom is 0.254 e. The molecular formula is C16H15Cl2N3O3S. The molecule has 2 heterocycles. The maximum atomic E-state index is 12.7. The number of carbonyl (C=O) groups excluding carboxylic acids is 1. The number of pyridine rings is 1. The number of halogens is 2. The Morgan fingerprint density at radius 1 is 1.04 bits per heavy atom. The summed E-state index contributed by atoms with van der Waals surface area (Å²) in [4.78, 5) is 18.1. The van der Waals surface area contributed by atoms with E-state index in [2.05, 4.69) is 4.98 Å². The fourth-order valence-corrected chi connectivity index (χ4v) is 4.52. The summed E-state index contributed by atoms with van der Waals surface area (Å²) in [6.07, 6.45) is 1.47. The first-order chi connectivity index (χ1) is 11.9. The molecule has 0 atom stereocenters. The Bertz CT molecular complexity index is 897. The van der Waals surface area contributed by atoms with E-state index in [1.807, 2.05) is 0 Å². The van der Waals surface area contributed by atoms with Gasteiger partial charge in [0.2, 0.25) is 10.0 Å². The van der Waals surface area contributed by atoms with Gasteiger partial charge in [-0.2, -0.15) is 4.31 Å². The van der Waals surface area contributed by atoms with Crippen molar-refractivity contribution in [3.05, 3.63) is 58.3 Å². The summed E-state index contributed by atoms with van der Waals surface area (Å²) in [6.45, 7) is 1.05. The molecule has 132 valence electrons. The van der Waals surface area contributed by atoms with E-state index in [-0.39, 0.29) is 29.0 Å². The van der Waals surface area contributed by atoms with Crippen molar-refractivity contribution in [1.29, 1.82) is 0 Å². The second kappa shape index (κ2) is 7.29. The zero-order valence-corrected chi connectivity index (χ0v) is 15.4. The molecule has 1 aliphatic rings. The molecule has 0 radical (unpaired) electrons. The lowest BCUT2D eigenvalue weighted by molar-refractivity contribution is 0.0698. The second-order valence-electron chi connectivity index (χ2n) is 5.52. The number of piperazine rings is 1. The molecule has 0 spiro atoms. The minimum atomic E-state index is -3.63. The number of aromatic nitrogens is 1. The molecule has 0 N–H and O–H groups in total. The number of benzene rings is 1. The van der Waals surface area contributed by atoms with E-state index in [9.17, 15) is 13.2 Å². The summed E-state index contributed by atoms with van der Waals surface area (Å²) in [5.41, 5.74) is 0.436. The minimum Gasteiger partial charge on any atom is -0.336 e. The largest absolute Gasteiger partial charge is 0.336 e. The quantitative estimate of drug-likeness (QED) is 0.743. The lowest BCUT2D eigenvalue weighted by atomic mass is 10.2. The number of hydrogen-bond donors (Lipinski definition) is 0. The smallest absolute Gasteiger partial charge is 0.254 e. The van der Waals surface area contributed by atoms with Gasteiger partial charge in [-0.05, 0) is 30.3 Å². The van der Waals surface area contributed by atoms with Gasteiger partial charge in [0, 0.05) is 43.0 Å².